The van der Waals surface area contributed by atoms with Gasteiger partial charge in [0.15, 0.2) is 0 Å². The topological polar surface area (TPSA) is 69.4 Å². The van der Waals surface area contributed by atoms with Crippen LogP contribution in [0, 0.1) is 33.8 Å². The predicted molar refractivity (Wildman–Crippen MR) is 84.0 cm³/mol. The molecule has 0 aromatic heterocycles. The Kier molecular flexibility index (Phi) is 3.58. The van der Waals surface area contributed by atoms with E-state index in [0.29, 0.717) is 11.5 Å². The van der Waals surface area contributed by atoms with E-state index in [2.05, 4.69) is 0 Å². The van der Waals surface area contributed by atoms with E-state index >= 15 is 0 Å². The van der Waals surface area contributed by atoms with Gasteiger partial charge in [0, 0.05) is 12.1 Å². The normalized spacial score (nSPS) is 34.9. The smallest absolute Gasteiger partial charge is 0.338 e. The van der Waals surface area contributed by atoms with Gasteiger partial charge in [-0.3, -0.25) is 10.1 Å². The summed E-state index contributed by atoms with van der Waals surface area (Å²) in [5.74, 6) is 2.54. The highest BCUT2D eigenvalue weighted by molar-refractivity contribution is 5.89. The molecule has 4 rings (SSSR count). The van der Waals surface area contributed by atoms with Crippen molar-refractivity contribution in [3.05, 3.63) is 39.9 Å². The van der Waals surface area contributed by atoms with Crippen molar-refractivity contribution in [2.24, 2.45) is 23.7 Å². The molecule has 0 saturated heterocycles. The lowest BCUT2D eigenvalue weighted by molar-refractivity contribution is -0.384. The number of esters is 1. The van der Waals surface area contributed by atoms with Gasteiger partial charge in [0.1, 0.15) is 6.10 Å². The van der Waals surface area contributed by atoms with Gasteiger partial charge in [0.2, 0.25) is 0 Å². The van der Waals surface area contributed by atoms with Crippen LogP contribution in [0.2, 0.25) is 0 Å². The zero-order chi connectivity index (χ0) is 16.0. The van der Waals surface area contributed by atoms with Crippen LogP contribution in [0.4, 0.5) is 5.69 Å². The maximum Gasteiger partial charge on any atom is 0.338 e. The number of hydrogen-bond donors (Lipinski definition) is 0. The number of hydrogen-bond acceptors (Lipinski definition) is 4. The van der Waals surface area contributed by atoms with Crippen LogP contribution < -0.4 is 0 Å². The molecule has 0 unspecified atom stereocenters. The minimum absolute atomic E-state index is 0.00785. The molecule has 5 nitrogen and oxygen atoms in total. The van der Waals surface area contributed by atoms with Crippen LogP contribution in [0.25, 0.3) is 0 Å². The number of carbonyl (C=O) groups is 1. The van der Waals surface area contributed by atoms with Crippen LogP contribution >= 0.6 is 0 Å². The Bertz CT molecular complexity index is 626. The van der Waals surface area contributed by atoms with Crippen LogP contribution in [-0.2, 0) is 4.74 Å². The summed E-state index contributed by atoms with van der Waals surface area (Å²) < 4.78 is 5.77. The molecule has 3 aliphatic carbocycles. The van der Waals surface area contributed by atoms with Crippen LogP contribution in [-0.4, -0.2) is 17.0 Å². The lowest BCUT2D eigenvalue weighted by atomic mass is 9.70. The SMILES string of the molecule is O=C(O[C@@H]1C[C@H]2C[C@@H]1[C@H]1CCCC[C@H]21)c1ccc([N+](=O)[O-])cc1. The van der Waals surface area contributed by atoms with Crippen molar-refractivity contribution >= 4 is 11.7 Å². The molecule has 0 heterocycles. The van der Waals surface area contributed by atoms with Crippen molar-refractivity contribution < 1.29 is 14.5 Å². The van der Waals surface area contributed by atoms with Crippen molar-refractivity contribution in [1.82, 2.24) is 0 Å². The third kappa shape index (κ3) is 2.52. The Morgan fingerprint density at radius 3 is 2.43 bits per heavy atom. The number of carbonyl (C=O) groups excluding carboxylic acids is 1. The molecule has 122 valence electrons. The van der Waals surface area contributed by atoms with Gasteiger partial charge in [0.05, 0.1) is 10.5 Å². The summed E-state index contributed by atoms with van der Waals surface area (Å²) in [7, 11) is 0. The van der Waals surface area contributed by atoms with Gasteiger partial charge in [-0.15, -0.1) is 0 Å². The molecule has 0 amide bonds. The summed E-state index contributed by atoms with van der Waals surface area (Å²) in [5.41, 5.74) is 0.394. The summed E-state index contributed by atoms with van der Waals surface area (Å²) in [6.45, 7) is 0. The molecule has 2 bridgehead atoms. The molecule has 3 saturated carbocycles. The van der Waals surface area contributed by atoms with Gasteiger partial charge < -0.3 is 4.74 Å². The molecule has 1 aromatic rings. The summed E-state index contributed by atoms with van der Waals surface area (Å²) in [6, 6.07) is 5.68. The quantitative estimate of drug-likeness (QED) is 0.481. The molecule has 23 heavy (non-hydrogen) atoms. The zero-order valence-electron chi connectivity index (χ0n) is 13.0. The van der Waals surface area contributed by atoms with Crippen molar-refractivity contribution in [3.8, 4) is 0 Å². The Labute approximate surface area is 135 Å². The molecule has 0 aliphatic heterocycles. The van der Waals surface area contributed by atoms with E-state index in [1.807, 2.05) is 0 Å². The Morgan fingerprint density at radius 1 is 1.04 bits per heavy atom. The van der Waals surface area contributed by atoms with Gasteiger partial charge in [-0.1, -0.05) is 12.8 Å². The van der Waals surface area contributed by atoms with E-state index in [9.17, 15) is 14.9 Å². The monoisotopic (exact) mass is 315 g/mol. The number of non-ortho nitro benzene ring substituents is 1. The highest BCUT2D eigenvalue weighted by Crippen LogP contribution is 2.58. The molecule has 3 aliphatic rings. The fraction of sp³-hybridized carbons (Fsp3) is 0.611. The lowest BCUT2D eigenvalue weighted by Crippen LogP contribution is -2.36. The molecule has 0 N–H and O–H groups in total. The third-order valence-electron chi connectivity index (χ3n) is 6.19. The van der Waals surface area contributed by atoms with Crippen LogP contribution in [0.5, 0.6) is 0 Å². The molecular formula is C18H21NO4. The van der Waals surface area contributed by atoms with E-state index < -0.39 is 4.92 Å². The average molecular weight is 315 g/mol. The minimum Gasteiger partial charge on any atom is -0.458 e. The molecule has 5 heteroatoms. The van der Waals surface area contributed by atoms with Crippen LogP contribution in [0.1, 0.15) is 48.9 Å². The first-order chi connectivity index (χ1) is 11.1. The molecule has 1 aromatic carbocycles. The standard InChI is InChI=1S/C18H21NO4/c20-18(11-5-7-13(8-6-11)19(21)22)23-17-10-12-9-16(17)15-4-2-1-3-14(12)15/h5-8,12,14-17H,1-4,9-10H2/t12-,14-,15+,16-,17-/m1/s1. The first kappa shape index (κ1) is 14.7. The van der Waals surface area contributed by atoms with Gasteiger partial charge in [-0.2, -0.15) is 0 Å². The van der Waals surface area contributed by atoms with Crippen LogP contribution in [0.3, 0.4) is 0 Å². The fourth-order valence-corrected chi connectivity index (χ4v) is 5.24. The highest BCUT2D eigenvalue weighted by Gasteiger charge is 2.54. The van der Waals surface area contributed by atoms with Gasteiger partial charge in [-0.05, 0) is 61.5 Å². The van der Waals surface area contributed by atoms with E-state index in [0.717, 1.165) is 24.2 Å². The van der Waals surface area contributed by atoms with Gasteiger partial charge in [-0.25, -0.2) is 4.79 Å². The highest BCUT2D eigenvalue weighted by atomic mass is 16.6. The number of nitro benzene ring substituents is 1. The van der Waals surface area contributed by atoms with Crippen molar-refractivity contribution in [3.63, 3.8) is 0 Å². The summed E-state index contributed by atoms with van der Waals surface area (Å²) in [5, 5.41) is 10.7. The molecule has 3 fully saturated rings. The average Bonchev–Trinajstić information content (AvgIpc) is 3.14. The molecular weight excluding hydrogens is 294 g/mol. The maximum absolute atomic E-state index is 12.3. The Hall–Kier alpha value is -1.91. The minimum atomic E-state index is -0.464. The number of fused-ring (bicyclic) bond motifs is 5. The van der Waals surface area contributed by atoms with Crippen molar-refractivity contribution in [2.45, 2.75) is 44.6 Å². The second-order valence-corrected chi connectivity index (χ2v) is 7.26. The number of nitro groups is 1. The second kappa shape index (κ2) is 5.62. The first-order valence-electron chi connectivity index (χ1n) is 8.59. The van der Waals surface area contributed by atoms with E-state index in [4.69, 9.17) is 4.74 Å². The maximum atomic E-state index is 12.3. The summed E-state index contributed by atoms with van der Waals surface area (Å²) in [6.07, 6.45) is 7.58. The number of ether oxygens (including phenoxy) is 1. The van der Waals surface area contributed by atoms with E-state index in [1.54, 1.807) is 0 Å². The van der Waals surface area contributed by atoms with Gasteiger partial charge >= 0.3 is 5.97 Å². The zero-order valence-corrected chi connectivity index (χ0v) is 13.0. The largest absolute Gasteiger partial charge is 0.458 e. The van der Waals surface area contributed by atoms with E-state index in [-0.39, 0.29) is 17.8 Å². The third-order valence-corrected chi connectivity index (χ3v) is 6.19. The molecule has 0 spiro atoms. The number of rotatable bonds is 3. The first-order valence-corrected chi connectivity index (χ1v) is 8.59. The van der Waals surface area contributed by atoms with Crippen molar-refractivity contribution in [1.29, 1.82) is 0 Å². The Balaban J connectivity index is 1.42. The Morgan fingerprint density at radius 2 is 1.74 bits per heavy atom. The number of benzene rings is 1. The second-order valence-electron chi connectivity index (χ2n) is 7.26. The lowest BCUT2D eigenvalue weighted by Gasteiger charge is -2.38. The summed E-state index contributed by atoms with van der Waals surface area (Å²) in [4.78, 5) is 22.5. The summed E-state index contributed by atoms with van der Waals surface area (Å²) >= 11 is 0. The molecule has 5 atom stereocenters. The van der Waals surface area contributed by atoms with Crippen LogP contribution in [0.15, 0.2) is 24.3 Å². The number of nitrogens with zero attached hydrogens (tertiary/aromatic N) is 1. The fourth-order valence-electron chi connectivity index (χ4n) is 5.24. The predicted octanol–water partition coefficient (Wildman–Crippen LogP) is 3.97. The van der Waals surface area contributed by atoms with E-state index in [1.165, 1.54) is 56.4 Å². The molecule has 0 radical (unpaired) electrons. The van der Waals surface area contributed by atoms with Crippen molar-refractivity contribution in [2.75, 3.05) is 0 Å². The van der Waals surface area contributed by atoms with Gasteiger partial charge in [0.25, 0.3) is 5.69 Å².